The number of halogens is 1. The highest BCUT2D eigenvalue weighted by Crippen LogP contribution is 2.32. The molecule has 1 N–H and O–H groups in total. The van der Waals surface area contributed by atoms with E-state index in [4.69, 9.17) is 25.8 Å². The summed E-state index contributed by atoms with van der Waals surface area (Å²) in [5, 5.41) is 10.0. The van der Waals surface area contributed by atoms with Gasteiger partial charge in [-0.05, 0) is 42.8 Å². The highest BCUT2D eigenvalue weighted by molar-refractivity contribution is 6.30. The molecule has 2 aromatic rings. The van der Waals surface area contributed by atoms with E-state index in [0.717, 1.165) is 5.56 Å². The van der Waals surface area contributed by atoms with Crippen molar-refractivity contribution in [3.05, 3.63) is 52.5 Å². The second-order valence-electron chi connectivity index (χ2n) is 5.83. The van der Waals surface area contributed by atoms with E-state index < -0.39 is 12.6 Å². The van der Waals surface area contributed by atoms with Crippen molar-refractivity contribution in [3.63, 3.8) is 0 Å². The molecule has 1 amide bonds. The van der Waals surface area contributed by atoms with E-state index >= 15 is 0 Å². The zero-order chi connectivity index (χ0) is 19.4. The smallest absolute Gasteiger partial charge is 0.342 e. The lowest BCUT2D eigenvalue weighted by atomic mass is 10.2. The fourth-order valence-corrected chi connectivity index (χ4v) is 2.78. The Kier molecular flexibility index (Phi) is 5.71. The van der Waals surface area contributed by atoms with E-state index in [2.05, 4.69) is 0 Å². The highest BCUT2D eigenvalue weighted by Gasteiger charge is 2.19. The Morgan fingerprint density at radius 3 is 2.70 bits per heavy atom. The molecular weight excluding hydrogens is 374 g/mol. The van der Waals surface area contributed by atoms with Gasteiger partial charge >= 0.3 is 5.97 Å². The third-order valence-corrected chi connectivity index (χ3v) is 4.29. The number of carbonyl (C=O) groups is 2. The van der Waals surface area contributed by atoms with Crippen LogP contribution >= 0.6 is 11.6 Å². The molecule has 3 rings (SSSR count). The van der Waals surface area contributed by atoms with Gasteiger partial charge in [-0.25, -0.2) is 4.79 Å². The fraction of sp³-hybridized carbons (Fsp3) is 0.263. The summed E-state index contributed by atoms with van der Waals surface area (Å²) in [7, 11) is 0. The number of rotatable bonds is 6. The van der Waals surface area contributed by atoms with Crippen molar-refractivity contribution in [3.8, 4) is 17.2 Å². The number of ether oxygens (including phenoxy) is 3. The molecule has 7 nitrogen and oxygen atoms in total. The number of hydrogen-bond donors (Lipinski definition) is 1. The van der Waals surface area contributed by atoms with Gasteiger partial charge < -0.3 is 24.2 Å². The predicted octanol–water partition coefficient (Wildman–Crippen LogP) is 2.98. The number of aromatic hydroxyl groups is 1. The van der Waals surface area contributed by atoms with E-state index in [0.29, 0.717) is 29.6 Å². The largest absolute Gasteiger partial charge is 0.507 e. The summed E-state index contributed by atoms with van der Waals surface area (Å²) in [6, 6.07) is 9.49. The number of esters is 1. The van der Waals surface area contributed by atoms with Crippen LogP contribution in [0.15, 0.2) is 36.4 Å². The van der Waals surface area contributed by atoms with Gasteiger partial charge in [0.2, 0.25) is 6.79 Å². The maximum Gasteiger partial charge on any atom is 0.342 e. The van der Waals surface area contributed by atoms with Gasteiger partial charge in [0.05, 0.1) is 0 Å². The normalized spacial score (nSPS) is 11.9. The molecule has 1 aliphatic rings. The second kappa shape index (κ2) is 8.18. The number of nitrogens with zero attached hydrogens (tertiary/aromatic N) is 1. The highest BCUT2D eigenvalue weighted by atomic mass is 35.5. The van der Waals surface area contributed by atoms with E-state index in [1.165, 1.54) is 18.2 Å². The van der Waals surface area contributed by atoms with Crippen molar-refractivity contribution < 1.29 is 28.9 Å². The molecule has 0 bridgehead atoms. The molecule has 0 saturated carbocycles. The Bertz CT molecular complexity index is 869. The Morgan fingerprint density at radius 1 is 1.19 bits per heavy atom. The summed E-state index contributed by atoms with van der Waals surface area (Å²) >= 11 is 5.73. The summed E-state index contributed by atoms with van der Waals surface area (Å²) < 4.78 is 15.6. The van der Waals surface area contributed by atoms with Crippen LogP contribution < -0.4 is 9.47 Å². The van der Waals surface area contributed by atoms with Crippen LogP contribution in [-0.4, -0.2) is 41.8 Å². The van der Waals surface area contributed by atoms with E-state index in [1.807, 2.05) is 19.1 Å². The molecule has 0 fully saturated rings. The monoisotopic (exact) mass is 391 g/mol. The summed E-state index contributed by atoms with van der Waals surface area (Å²) in [5.41, 5.74) is 0.821. The molecule has 0 saturated heterocycles. The van der Waals surface area contributed by atoms with Crippen molar-refractivity contribution >= 4 is 23.5 Å². The number of amides is 1. The van der Waals surface area contributed by atoms with Gasteiger partial charge in [-0.2, -0.15) is 0 Å². The molecule has 142 valence electrons. The van der Waals surface area contributed by atoms with Gasteiger partial charge in [0.1, 0.15) is 11.3 Å². The van der Waals surface area contributed by atoms with Gasteiger partial charge in [-0.1, -0.05) is 17.7 Å². The van der Waals surface area contributed by atoms with Crippen LogP contribution in [0.1, 0.15) is 22.8 Å². The minimum absolute atomic E-state index is 0.0500. The van der Waals surface area contributed by atoms with Crippen LogP contribution in [0.25, 0.3) is 0 Å². The molecular formula is C19H18ClNO6. The van der Waals surface area contributed by atoms with Gasteiger partial charge in [0.15, 0.2) is 18.1 Å². The maximum absolute atomic E-state index is 12.4. The van der Waals surface area contributed by atoms with Crippen LogP contribution in [0.2, 0.25) is 5.02 Å². The van der Waals surface area contributed by atoms with Crippen molar-refractivity contribution in [1.29, 1.82) is 0 Å². The maximum atomic E-state index is 12.4. The Hall–Kier alpha value is -2.93. The molecule has 0 spiro atoms. The van der Waals surface area contributed by atoms with E-state index in [1.54, 1.807) is 11.0 Å². The number of fused-ring (bicyclic) bond motifs is 1. The average molecular weight is 392 g/mol. The predicted molar refractivity (Wildman–Crippen MR) is 97.1 cm³/mol. The zero-order valence-corrected chi connectivity index (χ0v) is 15.4. The lowest BCUT2D eigenvalue weighted by Crippen LogP contribution is -2.34. The lowest BCUT2D eigenvalue weighted by Gasteiger charge is -2.21. The van der Waals surface area contributed by atoms with Crippen LogP contribution in [0.5, 0.6) is 17.2 Å². The molecule has 2 aromatic carbocycles. The summed E-state index contributed by atoms with van der Waals surface area (Å²) in [5.74, 6) is -0.133. The SMILES string of the molecule is CCN(Cc1ccc2c(c1)OCO2)C(=O)COC(=O)c1ccc(Cl)cc1O. The Labute approximate surface area is 161 Å². The van der Waals surface area contributed by atoms with Gasteiger partial charge in [-0.15, -0.1) is 0 Å². The molecule has 27 heavy (non-hydrogen) atoms. The summed E-state index contributed by atoms with van der Waals surface area (Å²) in [6.45, 7) is 2.37. The molecule has 1 aliphatic heterocycles. The summed E-state index contributed by atoms with van der Waals surface area (Å²) in [4.78, 5) is 26.0. The van der Waals surface area contributed by atoms with Crippen LogP contribution in [-0.2, 0) is 16.1 Å². The van der Waals surface area contributed by atoms with E-state index in [9.17, 15) is 14.7 Å². The van der Waals surface area contributed by atoms with Crippen molar-refractivity contribution in [1.82, 2.24) is 4.90 Å². The van der Waals surface area contributed by atoms with Crippen LogP contribution in [0.3, 0.4) is 0 Å². The third-order valence-electron chi connectivity index (χ3n) is 4.05. The third kappa shape index (κ3) is 4.43. The van der Waals surface area contributed by atoms with Gasteiger partial charge in [0, 0.05) is 18.1 Å². The second-order valence-corrected chi connectivity index (χ2v) is 6.27. The standard InChI is InChI=1S/C19H18ClNO6/c1-2-21(9-12-3-6-16-17(7-12)27-11-26-16)18(23)10-25-19(24)14-5-4-13(20)8-15(14)22/h3-8,22H,2,9-11H2,1H3. The van der Waals surface area contributed by atoms with Gasteiger partial charge in [0.25, 0.3) is 5.91 Å². The average Bonchev–Trinajstić information content (AvgIpc) is 3.11. The number of hydrogen-bond acceptors (Lipinski definition) is 6. The molecule has 1 heterocycles. The minimum atomic E-state index is -0.795. The first-order valence-corrected chi connectivity index (χ1v) is 8.67. The fourth-order valence-electron chi connectivity index (χ4n) is 2.61. The number of likely N-dealkylation sites (N-methyl/N-ethyl adjacent to an activating group) is 1. The topological polar surface area (TPSA) is 85.3 Å². The zero-order valence-electron chi connectivity index (χ0n) is 14.6. The number of phenolic OH excluding ortho intramolecular Hbond substituents is 1. The Morgan fingerprint density at radius 2 is 1.96 bits per heavy atom. The molecule has 8 heteroatoms. The molecule has 0 aromatic heterocycles. The molecule has 0 radical (unpaired) electrons. The van der Waals surface area contributed by atoms with Crippen molar-refractivity contribution in [2.75, 3.05) is 19.9 Å². The van der Waals surface area contributed by atoms with Crippen molar-refractivity contribution in [2.45, 2.75) is 13.5 Å². The quantitative estimate of drug-likeness (QED) is 0.762. The van der Waals surface area contributed by atoms with E-state index in [-0.39, 0.29) is 24.0 Å². The molecule has 0 unspecified atom stereocenters. The molecule has 0 aliphatic carbocycles. The number of phenols is 1. The first-order chi connectivity index (χ1) is 13.0. The van der Waals surface area contributed by atoms with Crippen LogP contribution in [0, 0.1) is 0 Å². The van der Waals surface area contributed by atoms with Crippen LogP contribution in [0.4, 0.5) is 0 Å². The Balaban J connectivity index is 1.59. The first-order valence-electron chi connectivity index (χ1n) is 8.30. The number of carbonyl (C=O) groups excluding carboxylic acids is 2. The van der Waals surface area contributed by atoms with Gasteiger partial charge in [-0.3, -0.25) is 4.79 Å². The molecule has 0 atom stereocenters. The minimum Gasteiger partial charge on any atom is -0.507 e. The summed E-state index contributed by atoms with van der Waals surface area (Å²) in [6.07, 6.45) is 0. The lowest BCUT2D eigenvalue weighted by molar-refractivity contribution is -0.134. The number of benzene rings is 2. The van der Waals surface area contributed by atoms with Crippen molar-refractivity contribution in [2.24, 2.45) is 0 Å². The first kappa shape index (κ1) is 18.8.